The van der Waals surface area contributed by atoms with Gasteiger partial charge in [0, 0.05) is 6.54 Å². The number of aromatic nitrogens is 3. The molecular formula is C19H20N4O6. The summed E-state index contributed by atoms with van der Waals surface area (Å²) in [5.41, 5.74) is -0.0611. The van der Waals surface area contributed by atoms with Gasteiger partial charge in [-0.05, 0) is 31.5 Å². The van der Waals surface area contributed by atoms with Gasteiger partial charge < -0.3 is 19.3 Å². The lowest BCUT2D eigenvalue weighted by atomic mass is 10.2. The van der Waals surface area contributed by atoms with Gasteiger partial charge in [-0.25, -0.2) is 4.79 Å². The summed E-state index contributed by atoms with van der Waals surface area (Å²) in [7, 11) is 1.57. The fourth-order valence-corrected chi connectivity index (χ4v) is 2.71. The highest BCUT2D eigenvalue weighted by molar-refractivity contribution is 5.99. The molecule has 0 spiro atoms. The molecule has 152 valence electrons. The molecule has 0 aliphatic carbocycles. The Kier molecular flexibility index (Phi) is 5.91. The number of benzene rings is 1. The SMILES string of the molecule is CCOC(=O)c1noc2nc(C)n(CC(=O)NCc3ccc(OC)cc3)c(=O)c12. The first-order chi connectivity index (χ1) is 13.9. The Hall–Kier alpha value is -3.69. The number of carbonyl (C=O) groups excluding carboxylic acids is 2. The Labute approximate surface area is 165 Å². The average molecular weight is 400 g/mol. The van der Waals surface area contributed by atoms with Crippen molar-refractivity contribution in [1.29, 1.82) is 0 Å². The van der Waals surface area contributed by atoms with Crippen LogP contribution in [-0.2, 0) is 22.6 Å². The van der Waals surface area contributed by atoms with Crippen molar-refractivity contribution in [2.24, 2.45) is 0 Å². The number of ether oxygens (including phenoxy) is 2. The van der Waals surface area contributed by atoms with Gasteiger partial charge in [0.05, 0.1) is 13.7 Å². The van der Waals surface area contributed by atoms with Crippen LogP contribution in [0.1, 0.15) is 28.8 Å². The van der Waals surface area contributed by atoms with Gasteiger partial charge in [-0.1, -0.05) is 17.3 Å². The third-order valence-electron chi connectivity index (χ3n) is 4.21. The molecular weight excluding hydrogens is 380 g/mol. The van der Waals surface area contributed by atoms with E-state index in [1.165, 1.54) is 0 Å². The number of hydrogen-bond acceptors (Lipinski definition) is 8. The molecule has 0 bridgehead atoms. The van der Waals surface area contributed by atoms with Crippen molar-refractivity contribution in [3.05, 3.63) is 51.7 Å². The number of nitrogens with one attached hydrogen (secondary N) is 1. The molecule has 10 heteroatoms. The van der Waals surface area contributed by atoms with Gasteiger partial charge in [-0.15, -0.1) is 0 Å². The summed E-state index contributed by atoms with van der Waals surface area (Å²) >= 11 is 0. The first-order valence-electron chi connectivity index (χ1n) is 8.88. The van der Waals surface area contributed by atoms with Crippen LogP contribution in [0.3, 0.4) is 0 Å². The van der Waals surface area contributed by atoms with Gasteiger partial charge in [0.1, 0.15) is 23.5 Å². The highest BCUT2D eigenvalue weighted by Crippen LogP contribution is 2.14. The van der Waals surface area contributed by atoms with Gasteiger partial charge in [0.2, 0.25) is 11.6 Å². The summed E-state index contributed by atoms with van der Waals surface area (Å²) in [6.45, 7) is 3.33. The molecule has 0 radical (unpaired) electrons. The number of rotatable bonds is 7. The second-order valence-electron chi connectivity index (χ2n) is 6.11. The number of aryl methyl sites for hydroxylation is 1. The number of nitrogens with zero attached hydrogens (tertiary/aromatic N) is 3. The van der Waals surface area contributed by atoms with E-state index < -0.39 is 11.5 Å². The molecule has 29 heavy (non-hydrogen) atoms. The van der Waals surface area contributed by atoms with E-state index in [1.54, 1.807) is 33.1 Å². The lowest BCUT2D eigenvalue weighted by molar-refractivity contribution is -0.121. The zero-order valence-corrected chi connectivity index (χ0v) is 16.2. The van der Waals surface area contributed by atoms with E-state index in [-0.39, 0.29) is 48.2 Å². The van der Waals surface area contributed by atoms with Crippen LogP contribution in [0.4, 0.5) is 0 Å². The van der Waals surface area contributed by atoms with E-state index in [1.807, 2.05) is 12.1 Å². The molecule has 0 saturated carbocycles. The molecule has 3 rings (SSSR count). The fourth-order valence-electron chi connectivity index (χ4n) is 2.71. The second-order valence-corrected chi connectivity index (χ2v) is 6.11. The van der Waals surface area contributed by atoms with Crippen LogP contribution in [0.25, 0.3) is 11.1 Å². The minimum atomic E-state index is -0.787. The number of hydrogen-bond donors (Lipinski definition) is 1. The van der Waals surface area contributed by atoms with Gasteiger partial charge in [-0.3, -0.25) is 14.2 Å². The number of fused-ring (bicyclic) bond motifs is 1. The maximum Gasteiger partial charge on any atom is 0.361 e. The van der Waals surface area contributed by atoms with E-state index in [2.05, 4.69) is 15.5 Å². The van der Waals surface area contributed by atoms with E-state index in [0.29, 0.717) is 5.75 Å². The minimum absolute atomic E-state index is 0.0783. The standard InChI is InChI=1S/C19H20N4O6/c1-4-28-19(26)16-15-17(29-22-16)21-11(2)23(18(15)25)10-14(24)20-9-12-5-7-13(27-3)8-6-12/h5-8H,4,9-10H2,1-3H3,(H,20,24). The largest absolute Gasteiger partial charge is 0.497 e. The van der Waals surface area contributed by atoms with Crippen molar-refractivity contribution >= 4 is 23.0 Å². The van der Waals surface area contributed by atoms with E-state index in [4.69, 9.17) is 14.0 Å². The number of methoxy groups -OCH3 is 1. The van der Waals surface area contributed by atoms with Crippen LogP contribution in [0, 0.1) is 6.92 Å². The van der Waals surface area contributed by atoms with Crippen molar-refractivity contribution < 1.29 is 23.6 Å². The van der Waals surface area contributed by atoms with Gasteiger partial charge in [0.25, 0.3) is 11.3 Å². The predicted molar refractivity (Wildman–Crippen MR) is 102 cm³/mol. The first kappa shape index (κ1) is 20.1. The smallest absolute Gasteiger partial charge is 0.361 e. The van der Waals surface area contributed by atoms with Crippen molar-refractivity contribution in [2.45, 2.75) is 26.9 Å². The summed E-state index contributed by atoms with van der Waals surface area (Å²) in [4.78, 5) is 41.3. The van der Waals surface area contributed by atoms with Crippen molar-refractivity contribution in [2.75, 3.05) is 13.7 Å². The Bertz CT molecular complexity index is 1100. The van der Waals surface area contributed by atoms with Crippen molar-refractivity contribution in [1.82, 2.24) is 20.0 Å². The van der Waals surface area contributed by atoms with Crippen LogP contribution < -0.4 is 15.6 Å². The van der Waals surface area contributed by atoms with Gasteiger partial charge in [-0.2, -0.15) is 4.98 Å². The Morgan fingerprint density at radius 2 is 1.97 bits per heavy atom. The molecule has 0 aliphatic heterocycles. The maximum atomic E-state index is 12.8. The summed E-state index contributed by atoms with van der Waals surface area (Å²) in [6, 6.07) is 7.23. The molecule has 2 heterocycles. The zero-order valence-electron chi connectivity index (χ0n) is 16.2. The zero-order chi connectivity index (χ0) is 21.0. The van der Waals surface area contributed by atoms with Crippen molar-refractivity contribution in [3.8, 4) is 5.75 Å². The third kappa shape index (κ3) is 4.26. The van der Waals surface area contributed by atoms with Crippen LogP contribution in [-0.4, -0.2) is 40.3 Å². The van der Waals surface area contributed by atoms with Crippen molar-refractivity contribution in [3.63, 3.8) is 0 Å². The average Bonchev–Trinajstić information content (AvgIpc) is 3.14. The highest BCUT2D eigenvalue weighted by Gasteiger charge is 2.24. The lowest BCUT2D eigenvalue weighted by Gasteiger charge is -2.10. The molecule has 0 fully saturated rings. The van der Waals surface area contributed by atoms with E-state index >= 15 is 0 Å². The summed E-state index contributed by atoms with van der Waals surface area (Å²) in [6.07, 6.45) is 0. The Morgan fingerprint density at radius 1 is 1.24 bits per heavy atom. The predicted octanol–water partition coefficient (Wildman–Crippen LogP) is 1.19. The van der Waals surface area contributed by atoms with E-state index in [0.717, 1.165) is 10.1 Å². The number of amides is 1. The van der Waals surface area contributed by atoms with Crippen LogP contribution >= 0.6 is 0 Å². The third-order valence-corrected chi connectivity index (χ3v) is 4.21. The topological polar surface area (TPSA) is 126 Å². The Balaban J connectivity index is 1.79. The van der Waals surface area contributed by atoms with Crippen LogP contribution in [0.15, 0.2) is 33.6 Å². The lowest BCUT2D eigenvalue weighted by Crippen LogP contribution is -2.34. The van der Waals surface area contributed by atoms with Crippen LogP contribution in [0.5, 0.6) is 5.75 Å². The molecule has 0 aliphatic rings. The molecule has 0 unspecified atom stereocenters. The molecule has 1 N–H and O–H groups in total. The van der Waals surface area contributed by atoms with E-state index in [9.17, 15) is 14.4 Å². The maximum absolute atomic E-state index is 12.8. The molecule has 1 amide bonds. The molecule has 2 aromatic heterocycles. The molecule has 3 aromatic rings. The fraction of sp³-hybridized carbons (Fsp3) is 0.316. The number of esters is 1. The number of carbonyl (C=O) groups is 2. The minimum Gasteiger partial charge on any atom is -0.497 e. The first-order valence-corrected chi connectivity index (χ1v) is 8.88. The normalized spacial score (nSPS) is 10.7. The molecule has 10 nitrogen and oxygen atoms in total. The van der Waals surface area contributed by atoms with Gasteiger partial charge >= 0.3 is 5.97 Å². The highest BCUT2D eigenvalue weighted by atomic mass is 16.5. The molecule has 0 atom stereocenters. The summed E-state index contributed by atoms with van der Waals surface area (Å²) in [5.74, 6) is -0.202. The summed E-state index contributed by atoms with van der Waals surface area (Å²) < 4.78 is 16.1. The molecule has 1 aromatic carbocycles. The second kappa shape index (κ2) is 8.55. The Morgan fingerprint density at radius 3 is 2.62 bits per heavy atom. The quantitative estimate of drug-likeness (QED) is 0.586. The van der Waals surface area contributed by atoms with Gasteiger partial charge in [0.15, 0.2) is 0 Å². The molecule has 0 saturated heterocycles. The monoisotopic (exact) mass is 400 g/mol. The summed E-state index contributed by atoms with van der Waals surface area (Å²) in [5, 5.41) is 6.22. The van der Waals surface area contributed by atoms with Crippen LogP contribution in [0.2, 0.25) is 0 Å².